The smallest absolute Gasteiger partial charge is 0.407 e. The van der Waals surface area contributed by atoms with Crippen molar-refractivity contribution in [3.63, 3.8) is 0 Å². The Labute approximate surface area is 348 Å². The number of pyridine rings is 1. The molecule has 0 unspecified atom stereocenters. The standard InChI is InChI=1S/C42H53N5O8.2H2S/c1-5-54-39(51)35(19-11-12-24-43-41(53)55-28(2)3)45-40(52)42(29-14-7-6-8-15-29)23-20-32(31-16-9-10-18-34(31)42)38(50)47-26-21-30(22-27-47)44-36(48)33-17-13-25-46(4)37(33)49;;/h6-10,13-18,25,28,30,32,35H,5,11-12,19-24,26-27H2,1-4H3,(H,43,53)(H,44,48)(H,45,52);2*1H2/t32-,35-,42+;;/m0../s1. The van der Waals surface area contributed by atoms with Crippen molar-refractivity contribution < 1.29 is 33.4 Å². The molecule has 2 aromatic carbocycles. The monoisotopic (exact) mass is 823 g/mol. The van der Waals surface area contributed by atoms with Gasteiger partial charge in [0.2, 0.25) is 11.8 Å². The Kier molecular flexibility index (Phi) is 17.7. The Morgan fingerprint density at radius 3 is 2.26 bits per heavy atom. The van der Waals surface area contributed by atoms with Crippen molar-refractivity contribution in [1.29, 1.82) is 0 Å². The molecule has 3 N–H and O–H groups in total. The van der Waals surface area contributed by atoms with Gasteiger partial charge in [0.05, 0.1) is 24.0 Å². The largest absolute Gasteiger partial charge is 0.464 e. The minimum absolute atomic E-state index is 0. The van der Waals surface area contributed by atoms with Crippen LogP contribution < -0.4 is 21.5 Å². The number of benzene rings is 2. The molecule has 0 saturated carbocycles. The quantitative estimate of drug-likeness (QED) is 0.158. The molecule has 3 atom stereocenters. The Bertz CT molecular complexity index is 1900. The third kappa shape index (κ3) is 11.2. The average Bonchev–Trinajstić information content (AvgIpc) is 3.18. The highest BCUT2D eigenvalue weighted by molar-refractivity contribution is 7.59. The zero-order chi connectivity index (χ0) is 39.5. The van der Waals surface area contributed by atoms with Gasteiger partial charge in [0.15, 0.2) is 0 Å². The number of hydrogen-bond donors (Lipinski definition) is 3. The summed E-state index contributed by atoms with van der Waals surface area (Å²) in [6, 6.07) is 19.1. The number of amides is 4. The predicted molar refractivity (Wildman–Crippen MR) is 227 cm³/mol. The lowest BCUT2D eigenvalue weighted by molar-refractivity contribution is -0.148. The van der Waals surface area contributed by atoms with Crippen molar-refractivity contribution in [1.82, 2.24) is 25.4 Å². The van der Waals surface area contributed by atoms with Crippen LogP contribution in [0.25, 0.3) is 0 Å². The number of fused-ring (bicyclic) bond motifs is 1. The molecule has 13 nitrogen and oxygen atoms in total. The number of nitrogens with zero attached hydrogens (tertiary/aromatic N) is 2. The second-order valence-electron chi connectivity index (χ2n) is 14.5. The molecule has 4 amide bonds. The van der Waals surface area contributed by atoms with E-state index >= 15 is 0 Å². The molecule has 57 heavy (non-hydrogen) atoms. The van der Waals surface area contributed by atoms with Gasteiger partial charge in [0.25, 0.3) is 11.5 Å². The van der Waals surface area contributed by atoms with Gasteiger partial charge in [-0.3, -0.25) is 19.2 Å². The molecule has 0 radical (unpaired) electrons. The Hall–Kier alpha value is -4.76. The average molecular weight is 824 g/mol. The van der Waals surface area contributed by atoms with Crippen molar-refractivity contribution >= 4 is 56.8 Å². The lowest BCUT2D eigenvalue weighted by atomic mass is 9.62. The number of likely N-dealkylation sites (tertiary alicyclic amines) is 1. The number of carbonyl (C=O) groups is 5. The van der Waals surface area contributed by atoms with E-state index in [1.807, 2.05) is 59.5 Å². The number of piperidine rings is 1. The van der Waals surface area contributed by atoms with Crippen molar-refractivity contribution in [2.75, 3.05) is 26.2 Å². The van der Waals surface area contributed by atoms with E-state index in [1.165, 1.54) is 10.6 Å². The van der Waals surface area contributed by atoms with Gasteiger partial charge in [-0.2, -0.15) is 27.0 Å². The van der Waals surface area contributed by atoms with E-state index < -0.39 is 35.3 Å². The van der Waals surface area contributed by atoms with Crippen LogP contribution in [-0.4, -0.2) is 83.7 Å². The minimum Gasteiger partial charge on any atom is -0.464 e. The fourth-order valence-electron chi connectivity index (χ4n) is 7.68. The molecule has 0 bridgehead atoms. The number of unbranched alkanes of at least 4 members (excludes halogenated alkanes) is 1. The number of carbonyl (C=O) groups excluding carboxylic acids is 5. The molecule has 1 fully saturated rings. The third-order valence-corrected chi connectivity index (χ3v) is 10.5. The van der Waals surface area contributed by atoms with Crippen molar-refractivity contribution in [3.05, 3.63) is 106 Å². The summed E-state index contributed by atoms with van der Waals surface area (Å²) < 4.78 is 11.9. The Morgan fingerprint density at radius 1 is 0.895 bits per heavy atom. The van der Waals surface area contributed by atoms with Gasteiger partial charge >= 0.3 is 12.1 Å². The first-order valence-electron chi connectivity index (χ1n) is 19.3. The van der Waals surface area contributed by atoms with Gasteiger partial charge in [-0.15, -0.1) is 0 Å². The first kappa shape index (κ1) is 46.6. The second-order valence-corrected chi connectivity index (χ2v) is 14.5. The number of hydrogen-bond acceptors (Lipinski definition) is 8. The molecule has 0 spiro atoms. The van der Waals surface area contributed by atoms with Crippen LogP contribution >= 0.6 is 27.0 Å². The van der Waals surface area contributed by atoms with Gasteiger partial charge in [-0.05, 0) is 94.5 Å². The van der Waals surface area contributed by atoms with E-state index in [0.29, 0.717) is 70.1 Å². The molecule has 310 valence electrons. The van der Waals surface area contributed by atoms with Crippen molar-refractivity contribution in [2.45, 2.75) is 95.2 Å². The number of rotatable bonds is 14. The van der Waals surface area contributed by atoms with E-state index in [1.54, 1.807) is 40.1 Å². The van der Waals surface area contributed by atoms with Crippen LogP contribution in [0.4, 0.5) is 4.79 Å². The first-order valence-corrected chi connectivity index (χ1v) is 19.3. The molecule has 15 heteroatoms. The highest BCUT2D eigenvalue weighted by atomic mass is 32.1. The Morgan fingerprint density at radius 2 is 1.58 bits per heavy atom. The van der Waals surface area contributed by atoms with Gasteiger partial charge in [-0.1, -0.05) is 54.6 Å². The molecule has 2 aliphatic rings. The number of alkyl carbamates (subject to hydrolysis) is 1. The maximum atomic E-state index is 14.8. The lowest BCUT2D eigenvalue weighted by Crippen LogP contribution is -2.54. The molecule has 1 saturated heterocycles. The van der Waals surface area contributed by atoms with E-state index in [2.05, 4.69) is 16.0 Å². The summed E-state index contributed by atoms with van der Waals surface area (Å²) in [5, 5.41) is 8.72. The molecule has 1 aliphatic carbocycles. The number of aryl methyl sites for hydroxylation is 1. The van der Waals surface area contributed by atoms with E-state index in [-0.39, 0.29) is 68.7 Å². The summed E-state index contributed by atoms with van der Waals surface area (Å²) in [5.74, 6) is -1.83. The molecule has 3 aromatic rings. The zero-order valence-electron chi connectivity index (χ0n) is 33.2. The lowest BCUT2D eigenvalue weighted by Gasteiger charge is -2.43. The van der Waals surface area contributed by atoms with E-state index in [4.69, 9.17) is 9.47 Å². The number of esters is 1. The van der Waals surface area contributed by atoms with Gasteiger partial charge in [0, 0.05) is 38.9 Å². The summed E-state index contributed by atoms with van der Waals surface area (Å²) in [7, 11) is 1.60. The van der Waals surface area contributed by atoms with Crippen LogP contribution in [0.15, 0.2) is 77.7 Å². The SMILES string of the molecule is CCOC(=O)[C@H](CCCCNC(=O)OC(C)C)NC(=O)[C@@]1(c2ccccc2)CC[C@H](C(=O)N2CCC(NC(=O)c3cccn(C)c3=O)CC2)c2ccccc21.S.S. The van der Waals surface area contributed by atoms with Crippen molar-refractivity contribution in [3.8, 4) is 0 Å². The molecule has 1 aromatic heterocycles. The summed E-state index contributed by atoms with van der Waals surface area (Å²) in [5.41, 5.74) is 0.764. The molecule has 2 heterocycles. The predicted octanol–water partition coefficient (Wildman–Crippen LogP) is 4.55. The topological polar surface area (TPSA) is 165 Å². The van der Waals surface area contributed by atoms with Crippen LogP contribution in [0, 0.1) is 0 Å². The number of nitrogens with one attached hydrogen (secondary N) is 3. The minimum atomic E-state index is -1.19. The van der Waals surface area contributed by atoms with Crippen molar-refractivity contribution in [2.24, 2.45) is 7.05 Å². The number of ether oxygens (including phenoxy) is 2. The molecule has 1 aliphatic heterocycles. The van der Waals surface area contributed by atoms with Crippen LogP contribution in [0.2, 0.25) is 0 Å². The van der Waals surface area contributed by atoms with Crippen LogP contribution in [0.3, 0.4) is 0 Å². The maximum absolute atomic E-state index is 14.8. The van der Waals surface area contributed by atoms with Crippen LogP contribution in [-0.2, 0) is 36.3 Å². The van der Waals surface area contributed by atoms with Crippen LogP contribution in [0.5, 0.6) is 0 Å². The van der Waals surface area contributed by atoms with Gasteiger partial charge < -0.3 is 34.9 Å². The van der Waals surface area contributed by atoms with Gasteiger partial charge in [0.1, 0.15) is 11.6 Å². The highest BCUT2D eigenvalue weighted by Crippen LogP contribution is 2.48. The van der Waals surface area contributed by atoms with E-state index in [0.717, 1.165) is 11.1 Å². The molecular formula is C42H57N5O8S2. The van der Waals surface area contributed by atoms with Gasteiger partial charge in [-0.25, -0.2) is 9.59 Å². The fraction of sp³-hybridized carbons (Fsp3) is 0.476. The maximum Gasteiger partial charge on any atom is 0.407 e. The Balaban J connectivity index is 0.00000435. The van der Waals surface area contributed by atoms with E-state index in [9.17, 15) is 28.8 Å². The molecular weight excluding hydrogens is 767 g/mol. The summed E-state index contributed by atoms with van der Waals surface area (Å²) in [6.45, 7) is 6.64. The second kappa shape index (κ2) is 21.7. The summed E-state index contributed by atoms with van der Waals surface area (Å²) in [4.78, 5) is 81.4. The zero-order valence-corrected chi connectivity index (χ0v) is 35.2. The highest BCUT2D eigenvalue weighted by Gasteiger charge is 2.49. The molecule has 5 rings (SSSR count). The summed E-state index contributed by atoms with van der Waals surface area (Å²) in [6.07, 6.45) is 4.06. The van der Waals surface area contributed by atoms with Crippen LogP contribution in [0.1, 0.15) is 98.7 Å². The fourth-order valence-corrected chi connectivity index (χ4v) is 7.68. The first-order chi connectivity index (χ1) is 26.5. The third-order valence-electron chi connectivity index (χ3n) is 10.5. The summed E-state index contributed by atoms with van der Waals surface area (Å²) >= 11 is 0. The normalized spacial score (nSPS) is 18.1. The number of aromatic nitrogens is 1.